The largest absolute Gasteiger partial charge is 0.375 e. The van der Waals surface area contributed by atoms with E-state index in [1.807, 2.05) is 11.0 Å². The van der Waals surface area contributed by atoms with Crippen molar-refractivity contribution in [2.75, 3.05) is 26.2 Å². The fourth-order valence-corrected chi connectivity index (χ4v) is 2.50. The van der Waals surface area contributed by atoms with Gasteiger partial charge in [-0.3, -0.25) is 0 Å². The van der Waals surface area contributed by atoms with Gasteiger partial charge in [0.15, 0.2) is 0 Å². The van der Waals surface area contributed by atoms with Crippen LogP contribution in [0.2, 0.25) is 0 Å². The van der Waals surface area contributed by atoms with E-state index in [4.69, 9.17) is 4.74 Å². The number of aryl methyl sites for hydroxylation is 1. The first kappa shape index (κ1) is 16.8. The lowest BCUT2D eigenvalue weighted by Crippen LogP contribution is -2.50. The molecule has 22 heavy (non-hydrogen) atoms. The highest BCUT2D eigenvalue weighted by molar-refractivity contribution is 5.74. The van der Waals surface area contributed by atoms with Crippen LogP contribution in [0.4, 0.5) is 4.79 Å². The molecule has 0 spiro atoms. The summed E-state index contributed by atoms with van der Waals surface area (Å²) in [6, 6.07) is 10.4. The third kappa shape index (κ3) is 5.68. The molecule has 1 unspecified atom stereocenters. The molecule has 1 aliphatic rings. The molecule has 4 heteroatoms. The van der Waals surface area contributed by atoms with Crippen LogP contribution in [0.3, 0.4) is 0 Å². The van der Waals surface area contributed by atoms with Gasteiger partial charge in [-0.15, -0.1) is 0 Å². The van der Waals surface area contributed by atoms with Gasteiger partial charge in [-0.1, -0.05) is 51.1 Å². The number of hydrogen-bond donors (Lipinski definition) is 1. The summed E-state index contributed by atoms with van der Waals surface area (Å²) in [6.07, 6.45) is 2.07. The molecule has 1 fully saturated rings. The molecule has 4 nitrogen and oxygen atoms in total. The zero-order valence-corrected chi connectivity index (χ0v) is 14.0. The van der Waals surface area contributed by atoms with Crippen LogP contribution in [0.15, 0.2) is 30.3 Å². The van der Waals surface area contributed by atoms with Gasteiger partial charge in [0, 0.05) is 19.6 Å². The number of carbonyl (C=O) groups is 1. The van der Waals surface area contributed by atoms with E-state index >= 15 is 0 Å². The van der Waals surface area contributed by atoms with Gasteiger partial charge in [0.1, 0.15) is 0 Å². The average Bonchev–Trinajstić information content (AvgIpc) is 2.51. The number of rotatable bonds is 4. The van der Waals surface area contributed by atoms with Crippen LogP contribution < -0.4 is 5.32 Å². The van der Waals surface area contributed by atoms with Crippen molar-refractivity contribution in [3.8, 4) is 0 Å². The van der Waals surface area contributed by atoms with Crippen molar-refractivity contribution >= 4 is 6.03 Å². The maximum atomic E-state index is 12.2. The number of benzene rings is 1. The molecule has 1 aliphatic heterocycles. The van der Waals surface area contributed by atoms with E-state index in [-0.39, 0.29) is 17.6 Å². The van der Waals surface area contributed by atoms with E-state index < -0.39 is 0 Å². The second kappa shape index (κ2) is 7.63. The molecule has 2 rings (SSSR count). The highest BCUT2D eigenvalue weighted by atomic mass is 16.5. The van der Waals surface area contributed by atoms with Crippen LogP contribution in [0.5, 0.6) is 0 Å². The lowest BCUT2D eigenvalue weighted by atomic mass is 9.97. The van der Waals surface area contributed by atoms with E-state index in [9.17, 15) is 4.79 Å². The van der Waals surface area contributed by atoms with Crippen molar-refractivity contribution in [3.63, 3.8) is 0 Å². The number of amides is 2. The SMILES string of the molecule is CC(C)(C)CNC(=O)N1CCOC(CCc2ccccc2)C1. The number of nitrogens with one attached hydrogen (secondary N) is 1. The summed E-state index contributed by atoms with van der Waals surface area (Å²) in [5, 5.41) is 3.02. The van der Waals surface area contributed by atoms with Gasteiger partial charge in [-0.05, 0) is 23.8 Å². The van der Waals surface area contributed by atoms with E-state index in [1.165, 1.54) is 5.56 Å². The Morgan fingerprint density at radius 1 is 1.32 bits per heavy atom. The minimum Gasteiger partial charge on any atom is -0.375 e. The first-order valence-electron chi connectivity index (χ1n) is 8.12. The van der Waals surface area contributed by atoms with Crippen molar-refractivity contribution in [2.24, 2.45) is 5.41 Å². The Labute approximate surface area is 133 Å². The summed E-state index contributed by atoms with van der Waals surface area (Å²) < 4.78 is 5.80. The van der Waals surface area contributed by atoms with Gasteiger partial charge in [-0.2, -0.15) is 0 Å². The smallest absolute Gasteiger partial charge is 0.317 e. The first-order valence-corrected chi connectivity index (χ1v) is 8.12. The Morgan fingerprint density at radius 3 is 2.73 bits per heavy atom. The molecule has 2 amide bonds. The minimum atomic E-state index is 0.0305. The Balaban J connectivity index is 1.77. The van der Waals surface area contributed by atoms with E-state index in [1.54, 1.807) is 0 Å². The van der Waals surface area contributed by atoms with Crippen LogP contribution >= 0.6 is 0 Å². The Kier molecular flexibility index (Phi) is 5.83. The molecule has 1 aromatic carbocycles. The first-order chi connectivity index (χ1) is 10.4. The molecule has 0 bridgehead atoms. The fraction of sp³-hybridized carbons (Fsp3) is 0.611. The maximum Gasteiger partial charge on any atom is 0.317 e. The summed E-state index contributed by atoms with van der Waals surface area (Å²) in [6.45, 7) is 9.04. The Hall–Kier alpha value is -1.55. The van der Waals surface area contributed by atoms with Crippen LogP contribution in [-0.2, 0) is 11.2 Å². The molecule has 1 saturated heterocycles. The Bertz CT molecular complexity index is 468. The number of urea groups is 1. The van der Waals surface area contributed by atoms with E-state index in [0.717, 1.165) is 12.8 Å². The summed E-state index contributed by atoms with van der Waals surface area (Å²) in [5.74, 6) is 0. The van der Waals surface area contributed by atoms with Crippen molar-refractivity contribution in [1.29, 1.82) is 0 Å². The lowest BCUT2D eigenvalue weighted by molar-refractivity contribution is -0.0178. The van der Waals surface area contributed by atoms with Gasteiger partial charge in [-0.25, -0.2) is 4.79 Å². The zero-order chi connectivity index (χ0) is 16.0. The molecule has 1 aromatic rings. The standard InChI is InChI=1S/C18H28N2O2/c1-18(2,3)14-19-17(21)20-11-12-22-16(13-20)10-9-15-7-5-4-6-8-15/h4-8,16H,9-14H2,1-3H3,(H,19,21). The van der Waals surface area contributed by atoms with Gasteiger partial charge in [0.2, 0.25) is 0 Å². The number of carbonyl (C=O) groups excluding carboxylic acids is 1. The van der Waals surface area contributed by atoms with Crippen LogP contribution in [0, 0.1) is 5.41 Å². The third-order valence-corrected chi connectivity index (χ3v) is 3.79. The maximum absolute atomic E-state index is 12.2. The molecule has 0 aromatic heterocycles. The molecule has 0 aliphatic carbocycles. The normalized spacial score (nSPS) is 19.0. The van der Waals surface area contributed by atoms with Crippen molar-refractivity contribution in [2.45, 2.75) is 39.7 Å². The van der Waals surface area contributed by atoms with E-state index in [2.05, 4.69) is 50.4 Å². The molecule has 1 atom stereocenters. The second-order valence-electron chi connectivity index (χ2n) is 7.18. The molecule has 1 N–H and O–H groups in total. The quantitative estimate of drug-likeness (QED) is 0.929. The Morgan fingerprint density at radius 2 is 2.05 bits per heavy atom. The summed E-state index contributed by atoms with van der Waals surface area (Å²) >= 11 is 0. The summed E-state index contributed by atoms with van der Waals surface area (Å²) in [5.41, 5.74) is 1.43. The lowest BCUT2D eigenvalue weighted by Gasteiger charge is -2.33. The van der Waals surface area contributed by atoms with Gasteiger partial charge >= 0.3 is 6.03 Å². The monoisotopic (exact) mass is 304 g/mol. The van der Waals surface area contributed by atoms with Crippen LogP contribution in [0.25, 0.3) is 0 Å². The van der Waals surface area contributed by atoms with Gasteiger partial charge in [0.25, 0.3) is 0 Å². The highest BCUT2D eigenvalue weighted by Crippen LogP contribution is 2.14. The van der Waals surface area contributed by atoms with Crippen molar-refractivity contribution in [1.82, 2.24) is 10.2 Å². The predicted octanol–water partition coefficient (Wildman–Crippen LogP) is 3.08. The molecule has 0 radical (unpaired) electrons. The predicted molar refractivity (Wildman–Crippen MR) is 88.9 cm³/mol. The molecular weight excluding hydrogens is 276 g/mol. The topological polar surface area (TPSA) is 41.6 Å². The highest BCUT2D eigenvalue weighted by Gasteiger charge is 2.24. The molecule has 122 valence electrons. The third-order valence-electron chi connectivity index (χ3n) is 3.79. The molecule has 1 heterocycles. The summed E-state index contributed by atoms with van der Waals surface area (Å²) in [4.78, 5) is 14.1. The molecule has 0 saturated carbocycles. The van der Waals surface area contributed by atoms with Crippen molar-refractivity contribution in [3.05, 3.63) is 35.9 Å². The fourth-order valence-electron chi connectivity index (χ4n) is 2.50. The second-order valence-corrected chi connectivity index (χ2v) is 7.18. The number of morpholine rings is 1. The van der Waals surface area contributed by atoms with Crippen LogP contribution in [-0.4, -0.2) is 43.3 Å². The number of nitrogens with zero attached hydrogens (tertiary/aromatic N) is 1. The van der Waals surface area contributed by atoms with E-state index in [0.29, 0.717) is 26.2 Å². The molecular formula is C18H28N2O2. The minimum absolute atomic E-state index is 0.0305. The summed E-state index contributed by atoms with van der Waals surface area (Å²) in [7, 11) is 0. The van der Waals surface area contributed by atoms with Crippen molar-refractivity contribution < 1.29 is 9.53 Å². The van der Waals surface area contributed by atoms with Crippen LogP contribution in [0.1, 0.15) is 32.8 Å². The zero-order valence-electron chi connectivity index (χ0n) is 14.0. The van der Waals surface area contributed by atoms with Gasteiger partial charge < -0.3 is 15.0 Å². The average molecular weight is 304 g/mol. The van der Waals surface area contributed by atoms with Gasteiger partial charge in [0.05, 0.1) is 12.7 Å². The number of ether oxygens (including phenoxy) is 1. The number of hydrogen-bond acceptors (Lipinski definition) is 2.